The summed E-state index contributed by atoms with van der Waals surface area (Å²) in [7, 11) is 0. The standard InChI is InChI=1S/C17H21NOS/c1-13-7-8-14-5-4-6-15(16(14)18-13)19-11-17(12-20)9-2-3-10-17/h4-8,20H,2-3,9-12H2,1H3. The van der Waals surface area contributed by atoms with Gasteiger partial charge in [0.2, 0.25) is 0 Å². The molecule has 0 amide bonds. The molecule has 106 valence electrons. The van der Waals surface area contributed by atoms with E-state index in [-0.39, 0.29) is 5.41 Å². The second kappa shape index (κ2) is 5.65. The Morgan fingerprint density at radius 3 is 2.75 bits per heavy atom. The maximum absolute atomic E-state index is 6.14. The van der Waals surface area contributed by atoms with Crippen molar-refractivity contribution in [3.05, 3.63) is 36.0 Å². The minimum Gasteiger partial charge on any atom is -0.491 e. The van der Waals surface area contributed by atoms with E-state index in [9.17, 15) is 0 Å². The number of aromatic nitrogens is 1. The van der Waals surface area contributed by atoms with Crippen LogP contribution in [-0.4, -0.2) is 17.3 Å². The summed E-state index contributed by atoms with van der Waals surface area (Å²) in [6.45, 7) is 2.77. The number of para-hydroxylation sites is 1. The van der Waals surface area contributed by atoms with E-state index in [0.717, 1.165) is 34.7 Å². The number of aryl methyl sites for hydroxylation is 1. The molecule has 3 heteroatoms. The van der Waals surface area contributed by atoms with Crippen LogP contribution in [0.15, 0.2) is 30.3 Å². The minimum atomic E-state index is 0.259. The fraction of sp³-hybridized carbons (Fsp3) is 0.471. The summed E-state index contributed by atoms with van der Waals surface area (Å²) in [5, 5.41) is 1.14. The second-order valence-electron chi connectivity index (χ2n) is 5.93. The lowest BCUT2D eigenvalue weighted by Gasteiger charge is -2.27. The molecule has 0 bridgehead atoms. The van der Waals surface area contributed by atoms with E-state index < -0.39 is 0 Å². The normalized spacial score (nSPS) is 17.5. The molecule has 3 rings (SSSR count). The highest BCUT2D eigenvalue weighted by Crippen LogP contribution is 2.39. The van der Waals surface area contributed by atoms with E-state index in [1.54, 1.807) is 0 Å². The highest BCUT2D eigenvalue weighted by molar-refractivity contribution is 7.80. The molecular formula is C17H21NOS. The number of nitrogens with zero attached hydrogens (tertiary/aromatic N) is 1. The van der Waals surface area contributed by atoms with Crippen LogP contribution in [0.5, 0.6) is 5.75 Å². The minimum absolute atomic E-state index is 0.259. The summed E-state index contributed by atoms with van der Waals surface area (Å²) < 4.78 is 6.14. The molecule has 20 heavy (non-hydrogen) atoms. The zero-order valence-corrected chi connectivity index (χ0v) is 12.8. The SMILES string of the molecule is Cc1ccc2cccc(OCC3(CS)CCCC3)c2n1. The molecule has 1 aliphatic carbocycles. The Hall–Kier alpha value is -1.22. The van der Waals surface area contributed by atoms with Gasteiger partial charge >= 0.3 is 0 Å². The molecule has 1 heterocycles. The predicted octanol–water partition coefficient (Wildman–Crippen LogP) is 4.41. The van der Waals surface area contributed by atoms with E-state index >= 15 is 0 Å². The molecule has 0 N–H and O–H groups in total. The van der Waals surface area contributed by atoms with Gasteiger partial charge in [-0.15, -0.1) is 0 Å². The van der Waals surface area contributed by atoms with Crippen molar-refractivity contribution in [3.8, 4) is 5.75 Å². The maximum Gasteiger partial charge on any atom is 0.145 e. The number of thiol groups is 1. The summed E-state index contributed by atoms with van der Waals surface area (Å²) in [6.07, 6.45) is 5.06. The largest absolute Gasteiger partial charge is 0.491 e. The smallest absolute Gasteiger partial charge is 0.145 e. The van der Waals surface area contributed by atoms with E-state index in [0.29, 0.717) is 0 Å². The van der Waals surface area contributed by atoms with Gasteiger partial charge in [0.15, 0.2) is 0 Å². The van der Waals surface area contributed by atoms with E-state index in [1.807, 2.05) is 25.1 Å². The third-order valence-corrected chi connectivity index (χ3v) is 5.03. The van der Waals surface area contributed by atoms with Gasteiger partial charge in [0.05, 0.1) is 6.61 Å². The molecule has 0 unspecified atom stereocenters. The molecule has 2 aromatic rings. The monoisotopic (exact) mass is 287 g/mol. The Balaban J connectivity index is 1.85. The van der Waals surface area contributed by atoms with E-state index in [4.69, 9.17) is 4.74 Å². The molecule has 1 aromatic carbocycles. The van der Waals surface area contributed by atoms with Crippen LogP contribution >= 0.6 is 12.6 Å². The molecule has 2 nitrogen and oxygen atoms in total. The van der Waals surface area contributed by atoms with Crippen LogP contribution in [0.4, 0.5) is 0 Å². The van der Waals surface area contributed by atoms with Crippen molar-refractivity contribution in [1.29, 1.82) is 0 Å². The molecule has 0 saturated heterocycles. The highest BCUT2D eigenvalue weighted by atomic mass is 32.1. The average Bonchev–Trinajstić information content (AvgIpc) is 2.94. The lowest BCUT2D eigenvalue weighted by atomic mass is 9.90. The van der Waals surface area contributed by atoms with Crippen molar-refractivity contribution in [2.75, 3.05) is 12.4 Å². The predicted molar refractivity (Wildman–Crippen MR) is 86.7 cm³/mol. The van der Waals surface area contributed by atoms with Crippen LogP contribution in [0.25, 0.3) is 10.9 Å². The van der Waals surface area contributed by atoms with Gasteiger partial charge in [-0.2, -0.15) is 12.6 Å². The number of fused-ring (bicyclic) bond motifs is 1. The summed E-state index contributed by atoms with van der Waals surface area (Å²) in [5.74, 6) is 1.81. The lowest BCUT2D eigenvalue weighted by Crippen LogP contribution is -2.27. The number of hydrogen-bond donors (Lipinski definition) is 1. The molecule has 0 radical (unpaired) electrons. The van der Waals surface area contributed by atoms with Gasteiger partial charge in [0.25, 0.3) is 0 Å². The number of ether oxygens (including phenoxy) is 1. The van der Waals surface area contributed by atoms with Gasteiger partial charge in [-0.05, 0) is 37.7 Å². The lowest BCUT2D eigenvalue weighted by molar-refractivity contribution is 0.174. The fourth-order valence-corrected chi connectivity index (χ4v) is 3.45. The summed E-state index contributed by atoms with van der Waals surface area (Å²) in [4.78, 5) is 4.63. The van der Waals surface area contributed by atoms with Gasteiger partial charge < -0.3 is 4.74 Å². The quantitative estimate of drug-likeness (QED) is 0.841. The van der Waals surface area contributed by atoms with Crippen molar-refractivity contribution in [3.63, 3.8) is 0 Å². The first kappa shape index (κ1) is 13.7. The third kappa shape index (κ3) is 2.64. The summed E-state index contributed by atoms with van der Waals surface area (Å²) in [5.41, 5.74) is 2.26. The number of rotatable bonds is 4. The van der Waals surface area contributed by atoms with Crippen LogP contribution in [0, 0.1) is 12.3 Å². The van der Waals surface area contributed by atoms with Gasteiger partial charge in [-0.3, -0.25) is 0 Å². The Morgan fingerprint density at radius 1 is 1.20 bits per heavy atom. The molecule has 0 spiro atoms. The summed E-state index contributed by atoms with van der Waals surface area (Å²) >= 11 is 4.54. The van der Waals surface area contributed by atoms with Crippen molar-refractivity contribution >= 4 is 23.5 Å². The second-order valence-corrected chi connectivity index (χ2v) is 6.25. The van der Waals surface area contributed by atoms with Crippen LogP contribution in [-0.2, 0) is 0 Å². The molecule has 1 fully saturated rings. The molecule has 1 aromatic heterocycles. The number of hydrogen-bond acceptors (Lipinski definition) is 3. The molecule has 0 aliphatic heterocycles. The first-order valence-corrected chi connectivity index (χ1v) is 7.96. The van der Waals surface area contributed by atoms with E-state index in [2.05, 4.69) is 29.7 Å². The molecular weight excluding hydrogens is 266 g/mol. The Labute approximate surface area is 126 Å². The first-order valence-electron chi connectivity index (χ1n) is 7.33. The Kier molecular flexibility index (Phi) is 3.88. The topological polar surface area (TPSA) is 22.1 Å². The van der Waals surface area contributed by atoms with Gasteiger partial charge in [-0.25, -0.2) is 4.98 Å². The first-order chi connectivity index (χ1) is 9.72. The highest BCUT2D eigenvalue weighted by Gasteiger charge is 2.33. The number of pyridine rings is 1. The van der Waals surface area contributed by atoms with Crippen molar-refractivity contribution in [2.45, 2.75) is 32.6 Å². The Morgan fingerprint density at radius 2 is 2.00 bits per heavy atom. The Bertz CT molecular complexity index is 605. The van der Waals surface area contributed by atoms with E-state index in [1.165, 1.54) is 25.7 Å². The average molecular weight is 287 g/mol. The van der Waals surface area contributed by atoms with Gasteiger partial charge in [0.1, 0.15) is 11.3 Å². The van der Waals surface area contributed by atoms with Crippen molar-refractivity contribution in [1.82, 2.24) is 4.98 Å². The fourth-order valence-electron chi connectivity index (χ4n) is 3.04. The summed E-state index contributed by atoms with van der Waals surface area (Å²) in [6, 6.07) is 10.3. The van der Waals surface area contributed by atoms with Crippen molar-refractivity contribution in [2.24, 2.45) is 5.41 Å². The molecule has 1 aliphatic rings. The van der Waals surface area contributed by atoms with Crippen LogP contribution in [0.2, 0.25) is 0 Å². The van der Waals surface area contributed by atoms with Gasteiger partial charge in [0, 0.05) is 16.5 Å². The third-order valence-electron chi connectivity index (χ3n) is 4.36. The van der Waals surface area contributed by atoms with Crippen molar-refractivity contribution < 1.29 is 4.74 Å². The van der Waals surface area contributed by atoms with Gasteiger partial charge in [-0.1, -0.05) is 31.0 Å². The zero-order valence-electron chi connectivity index (χ0n) is 11.9. The van der Waals surface area contributed by atoms with Crippen LogP contribution in [0.1, 0.15) is 31.4 Å². The number of benzene rings is 1. The molecule has 1 saturated carbocycles. The maximum atomic E-state index is 6.14. The zero-order chi connectivity index (χ0) is 14.0. The molecule has 0 atom stereocenters. The van der Waals surface area contributed by atoms with Crippen LogP contribution in [0.3, 0.4) is 0 Å². The van der Waals surface area contributed by atoms with Crippen LogP contribution < -0.4 is 4.74 Å².